The molecule has 5 rings (SSSR count). The number of anilines is 1. The van der Waals surface area contributed by atoms with Crippen molar-refractivity contribution in [3.8, 4) is 5.88 Å². The van der Waals surface area contributed by atoms with E-state index in [1.807, 2.05) is 6.92 Å². The SMILES string of the molecule is C[C@@H]1COc2nc(N3CCCC3)ncc2C(=O)N1C1CCN(S(=O)(=O)c2ccccc2F)CC1. The van der Waals surface area contributed by atoms with Gasteiger partial charge in [0.25, 0.3) is 5.91 Å². The first-order valence-electron chi connectivity index (χ1n) is 11.7. The molecular formula is C23H28FN5O4S. The Bertz CT molecular complexity index is 1180. The summed E-state index contributed by atoms with van der Waals surface area (Å²) in [6.07, 6.45) is 4.63. The van der Waals surface area contributed by atoms with Gasteiger partial charge in [0.15, 0.2) is 0 Å². The van der Waals surface area contributed by atoms with Gasteiger partial charge in [-0.3, -0.25) is 4.79 Å². The fraction of sp³-hybridized carbons (Fsp3) is 0.522. The number of benzene rings is 1. The molecule has 0 radical (unpaired) electrons. The summed E-state index contributed by atoms with van der Waals surface area (Å²) in [6.45, 7) is 4.41. The Morgan fingerprint density at radius 2 is 1.79 bits per heavy atom. The molecule has 3 aliphatic heterocycles. The topological polar surface area (TPSA) is 95.9 Å². The third kappa shape index (κ3) is 4.11. The first-order valence-corrected chi connectivity index (χ1v) is 13.1. The molecule has 1 aromatic carbocycles. The number of fused-ring (bicyclic) bond motifs is 1. The number of sulfonamides is 1. The molecule has 2 fully saturated rings. The molecule has 34 heavy (non-hydrogen) atoms. The van der Waals surface area contributed by atoms with E-state index in [1.54, 1.807) is 11.1 Å². The molecule has 0 N–H and O–H groups in total. The third-order valence-electron chi connectivity index (χ3n) is 6.80. The van der Waals surface area contributed by atoms with Gasteiger partial charge >= 0.3 is 0 Å². The van der Waals surface area contributed by atoms with E-state index in [9.17, 15) is 17.6 Å². The molecule has 1 aromatic heterocycles. The fourth-order valence-electron chi connectivity index (χ4n) is 4.98. The van der Waals surface area contributed by atoms with Crippen LogP contribution in [-0.2, 0) is 10.0 Å². The molecule has 1 atom stereocenters. The number of hydrogen-bond acceptors (Lipinski definition) is 7. The lowest BCUT2D eigenvalue weighted by Crippen LogP contribution is -2.52. The van der Waals surface area contributed by atoms with Gasteiger partial charge in [0, 0.05) is 38.4 Å². The van der Waals surface area contributed by atoms with E-state index in [2.05, 4.69) is 14.9 Å². The van der Waals surface area contributed by atoms with Gasteiger partial charge in [-0.15, -0.1) is 0 Å². The highest BCUT2D eigenvalue weighted by molar-refractivity contribution is 7.89. The summed E-state index contributed by atoms with van der Waals surface area (Å²) in [6, 6.07) is 5.02. The molecule has 0 spiro atoms. The molecule has 182 valence electrons. The first kappa shape index (κ1) is 23.0. The van der Waals surface area contributed by atoms with E-state index in [0.29, 0.717) is 36.8 Å². The zero-order chi connectivity index (χ0) is 23.9. The summed E-state index contributed by atoms with van der Waals surface area (Å²) in [5, 5.41) is 0. The van der Waals surface area contributed by atoms with Crippen molar-refractivity contribution in [1.29, 1.82) is 0 Å². The molecule has 11 heteroatoms. The Morgan fingerprint density at radius 1 is 1.09 bits per heavy atom. The number of carbonyl (C=O) groups excluding carboxylic acids is 1. The smallest absolute Gasteiger partial charge is 0.261 e. The van der Waals surface area contributed by atoms with Crippen LogP contribution in [0.25, 0.3) is 0 Å². The van der Waals surface area contributed by atoms with E-state index in [1.165, 1.54) is 22.5 Å². The van der Waals surface area contributed by atoms with Crippen LogP contribution in [0.3, 0.4) is 0 Å². The minimum atomic E-state index is -3.94. The second-order valence-electron chi connectivity index (χ2n) is 9.02. The van der Waals surface area contributed by atoms with Gasteiger partial charge in [0.2, 0.25) is 21.9 Å². The Hall–Kier alpha value is -2.79. The molecule has 4 heterocycles. The van der Waals surface area contributed by atoms with Gasteiger partial charge < -0.3 is 14.5 Å². The molecule has 0 bridgehead atoms. The monoisotopic (exact) mass is 489 g/mol. The van der Waals surface area contributed by atoms with Crippen LogP contribution < -0.4 is 9.64 Å². The average molecular weight is 490 g/mol. The van der Waals surface area contributed by atoms with Crippen LogP contribution in [0.15, 0.2) is 35.4 Å². The molecule has 0 unspecified atom stereocenters. The molecule has 9 nitrogen and oxygen atoms in total. The van der Waals surface area contributed by atoms with E-state index < -0.39 is 15.8 Å². The molecule has 1 amide bonds. The van der Waals surface area contributed by atoms with E-state index in [0.717, 1.165) is 32.0 Å². The summed E-state index contributed by atoms with van der Waals surface area (Å²) < 4.78 is 47.2. The van der Waals surface area contributed by atoms with Crippen LogP contribution >= 0.6 is 0 Å². The van der Waals surface area contributed by atoms with Crippen LogP contribution in [0.2, 0.25) is 0 Å². The lowest BCUT2D eigenvalue weighted by molar-refractivity contribution is 0.0479. The summed E-state index contributed by atoms with van der Waals surface area (Å²) in [7, 11) is -3.94. The van der Waals surface area contributed by atoms with Crippen LogP contribution in [0, 0.1) is 5.82 Å². The average Bonchev–Trinajstić information content (AvgIpc) is 3.34. The molecule has 0 aliphatic carbocycles. The highest BCUT2D eigenvalue weighted by Gasteiger charge is 2.39. The van der Waals surface area contributed by atoms with E-state index in [-0.39, 0.29) is 36.0 Å². The number of aromatic nitrogens is 2. The van der Waals surface area contributed by atoms with Crippen LogP contribution in [-0.4, -0.2) is 78.4 Å². The molecule has 3 aliphatic rings. The number of amides is 1. The highest BCUT2D eigenvalue weighted by atomic mass is 32.2. The zero-order valence-corrected chi connectivity index (χ0v) is 19.9. The van der Waals surface area contributed by atoms with E-state index in [4.69, 9.17) is 4.74 Å². The molecule has 0 saturated carbocycles. The third-order valence-corrected chi connectivity index (χ3v) is 8.73. The summed E-state index contributed by atoms with van der Waals surface area (Å²) in [4.78, 5) is 26.0. The van der Waals surface area contributed by atoms with Gasteiger partial charge in [0.1, 0.15) is 22.9 Å². The number of hydrogen-bond donors (Lipinski definition) is 0. The summed E-state index contributed by atoms with van der Waals surface area (Å²) in [5.41, 5.74) is 0.328. The van der Waals surface area contributed by atoms with Gasteiger partial charge in [-0.1, -0.05) is 12.1 Å². The van der Waals surface area contributed by atoms with Crippen molar-refractivity contribution in [2.45, 2.75) is 49.6 Å². The van der Waals surface area contributed by atoms with Crippen molar-refractivity contribution in [3.05, 3.63) is 41.8 Å². The first-order chi connectivity index (χ1) is 16.4. The van der Waals surface area contributed by atoms with Crippen LogP contribution in [0.1, 0.15) is 43.0 Å². The predicted molar refractivity (Wildman–Crippen MR) is 123 cm³/mol. The van der Waals surface area contributed by atoms with Crippen molar-refractivity contribution in [2.24, 2.45) is 0 Å². The number of halogens is 1. The van der Waals surface area contributed by atoms with Gasteiger partial charge in [-0.05, 0) is 44.7 Å². The quantitative estimate of drug-likeness (QED) is 0.650. The lowest BCUT2D eigenvalue weighted by atomic mass is 10.0. The molecular weight excluding hydrogens is 461 g/mol. The minimum Gasteiger partial charge on any atom is -0.475 e. The summed E-state index contributed by atoms with van der Waals surface area (Å²) in [5.74, 6) is -0.0843. The van der Waals surface area contributed by atoms with Crippen molar-refractivity contribution in [2.75, 3.05) is 37.7 Å². The number of ether oxygens (including phenoxy) is 1. The van der Waals surface area contributed by atoms with Crippen LogP contribution in [0.4, 0.5) is 10.3 Å². The van der Waals surface area contributed by atoms with Crippen LogP contribution in [0.5, 0.6) is 5.88 Å². The normalized spacial score (nSPS) is 22.4. The number of nitrogens with zero attached hydrogens (tertiary/aromatic N) is 5. The second-order valence-corrected chi connectivity index (χ2v) is 10.9. The van der Waals surface area contributed by atoms with Crippen molar-refractivity contribution < 1.29 is 22.3 Å². The zero-order valence-electron chi connectivity index (χ0n) is 19.1. The van der Waals surface area contributed by atoms with Crippen molar-refractivity contribution in [3.63, 3.8) is 0 Å². The maximum atomic E-state index is 14.1. The Morgan fingerprint density at radius 3 is 2.50 bits per heavy atom. The number of rotatable bonds is 4. The van der Waals surface area contributed by atoms with Gasteiger partial charge in [-0.25, -0.2) is 17.8 Å². The summed E-state index contributed by atoms with van der Waals surface area (Å²) >= 11 is 0. The Kier molecular flexibility index (Phi) is 6.15. The molecule has 2 aromatic rings. The maximum absolute atomic E-state index is 14.1. The van der Waals surface area contributed by atoms with E-state index >= 15 is 0 Å². The second kappa shape index (κ2) is 9.10. The van der Waals surface area contributed by atoms with Crippen molar-refractivity contribution in [1.82, 2.24) is 19.2 Å². The van der Waals surface area contributed by atoms with Crippen molar-refractivity contribution >= 4 is 21.9 Å². The highest BCUT2D eigenvalue weighted by Crippen LogP contribution is 2.31. The lowest BCUT2D eigenvalue weighted by Gasteiger charge is -2.39. The number of carbonyl (C=O) groups is 1. The number of piperidine rings is 1. The largest absolute Gasteiger partial charge is 0.475 e. The Balaban J connectivity index is 1.32. The molecule has 2 saturated heterocycles. The van der Waals surface area contributed by atoms with Gasteiger partial charge in [0.05, 0.1) is 6.04 Å². The minimum absolute atomic E-state index is 0.164. The van der Waals surface area contributed by atoms with Gasteiger partial charge in [-0.2, -0.15) is 9.29 Å². The maximum Gasteiger partial charge on any atom is 0.261 e. The predicted octanol–water partition coefficient (Wildman–Crippen LogP) is 2.29. The Labute approximate surface area is 198 Å². The standard InChI is InChI=1S/C23H28FN5O4S/c1-16-15-33-21-18(14-25-23(26-21)27-10-4-5-11-27)22(30)29(16)17-8-12-28(13-9-17)34(31,32)20-7-3-2-6-19(20)24/h2-3,6-7,14,16-17H,4-5,8-13,15H2,1H3/t16-/m1/s1. The fourth-order valence-corrected chi connectivity index (χ4v) is 6.52.